The van der Waals surface area contributed by atoms with E-state index in [4.69, 9.17) is 15.0 Å². The number of rotatable bonds is 7. The van der Waals surface area contributed by atoms with E-state index in [0.717, 1.165) is 11.1 Å². The Morgan fingerprint density at radius 1 is 1.22 bits per heavy atom. The van der Waals surface area contributed by atoms with Gasteiger partial charge in [-0.05, 0) is 24.6 Å². The summed E-state index contributed by atoms with van der Waals surface area (Å²) in [7, 11) is 3.24. The van der Waals surface area contributed by atoms with Crippen molar-refractivity contribution >= 4 is 23.2 Å². The van der Waals surface area contributed by atoms with Crippen LogP contribution in [-0.4, -0.2) is 40.0 Å². The molecule has 0 aliphatic carbocycles. The van der Waals surface area contributed by atoms with Crippen molar-refractivity contribution in [1.82, 2.24) is 19.9 Å². The lowest BCUT2D eigenvalue weighted by Gasteiger charge is -2.11. The highest BCUT2D eigenvalue weighted by Gasteiger charge is 2.24. The minimum absolute atomic E-state index is 0.114. The SMILES string of the molecule is CNc1nn(CC(=O)Nc2cc(C)ccc2OC)c(N)c1-c1nc(-c2ccccc2)no1. The van der Waals surface area contributed by atoms with Gasteiger partial charge in [0.05, 0.1) is 12.8 Å². The van der Waals surface area contributed by atoms with E-state index in [1.807, 2.05) is 49.4 Å². The summed E-state index contributed by atoms with van der Waals surface area (Å²) in [5, 5.41) is 14.2. The molecule has 0 radical (unpaired) electrons. The van der Waals surface area contributed by atoms with Gasteiger partial charge in [0.1, 0.15) is 23.7 Å². The number of methoxy groups -OCH3 is 1. The number of anilines is 3. The van der Waals surface area contributed by atoms with E-state index in [-0.39, 0.29) is 24.2 Å². The zero-order chi connectivity index (χ0) is 22.7. The van der Waals surface area contributed by atoms with Gasteiger partial charge < -0.3 is 25.6 Å². The molecule has 0 unspecified atom stereocenters. The maximum absolute atomic E-state index is 12.7. The van der Waals surface area contributed by atoms with Gasteiger partial charge in [0.15, 0.2) is 5.82 Å². The van der Waals surface area contributed by atoms with Gasteiger partial charge in [-0.15, -0.1) is 0 Å². The number of nitrogens with zero attached hydrogens (tertiary/aromatic N) is 4. The Morgan fingerprint density at radius 2 is 2.00 bits per heavy atom. The van der Waals surface area contributed by atoms with Crippen molar-refractivity contribution in [2.75, 3.05) is 30.5 Å². The Hall–Kier alpha value is -4.34. The maximum Gasteiger partial charge on any atom is 0.265 e. The Balaban J connectivity index is 1.59. The summed E-state index contributed by atoms with van der Waals surface area (Å²) in [6, 6.07) is 15.0. The number of hydrogen-bond acceptors (Lipinski definition) is 8. The largest absolute Gasteiger partial charge is 0.495 e. The molecule has 10 heteroatoms. The topological polar surface area (TPSA) is 133 Å². The van der Waals surface area contributed by atoms with Crippen LogP contribution in [0.15, 0.2) is 53.1 Å². The third kappa shape index (κ3) is 4.10. The lowest BCUT2D eigenvalue weighted by atomic mass is 10.2. The molecule has 0 saturated heterocycles. The molecular weight excluding hydrogens is 410 g/mol. The van der Waals surface area contributed by atoms with Crippen LogP contribution < -0.4 is 21.1 Å². The van der Waals surface area contributed by atoms with E-state index in [9.17, 15) is 4.79 Å². The van der Waals surface area contributed by atoms with Crippen LogP contribution in [0.2, 0.25) is 0 Å². The standard InChI is InChI=1S/C22H23N7O3/c1-13-9-10-16(31-3)15(11-13)25-17(30)12-29-19(23)18(21(24-2)27-29)22-26-20(28-32-22)14-7-5-4-6-8-14/h4-11H,12,23H2,1-3H3,(H,24,27)(H,25,30). The molecule has 10 nitrogen and oxygen atoms in total. The summed E-state index contributed by atoms with van der Waals surface area (Å²) in [5.41, 5.74) is 9.12. The number of carbonyl (C=O) groups is 1. The molecule has 4 aromatic rings. The number of aromatic nitrogens is 4. The van der Waals surface area contributed by atoms with Crippen molar-refractivity contribution in [2.45, 2.75) is 13.5 Å². The van der Waals surface area contributed by atoms with Crippen LogP contribution in [-0.2, 0) is 11.3 Å². The lowest BCUT2D eigenvalue weighted by molar-refractivity contribution is -0.116. The fourth-order valence-corrected chi connectivity index (χ4v) is 3.26. The second-order valence-corrected chi connectivity index (χ2v) is 7.06. The number of aryl methyl sites for hydroxylation is 1. The Bertz CT molecular complexity index is 1250. The summed E-state index contributed by atoms with van der Waals surface area (Å²) in [6.07, 6.45) is 0. The average Bonchev–Trinajstić information content (AvgIpc) is 3.39. The van der Waals surface area contributed by atoms with E-state index in [2.05, 4.69) is 25.9 Å². The van der Waals surface area contributed by atoms with Crippen LogP contribution in [0.5, 0.6) is 5.75 Å². The summed E-state index contributed by atoms with van der Waals surface area (Å²) >= 11 is 0. The van der Waals surface area contributed by atoms with Gasteiger partial charge in [-0.3, -0.25) is 4.79 Å². The number of amides is 1. The van der Waals surface area contributed by atoms with Gasteiger partial charge in [-0.2, -0.15) is 10.1 Å². The first-order valence-electron chi connectivity index (χ1n) is 9.88. The second-order valence-electron chi connectivity index (χ2n) is 7.06. The third-order valence-corrected chi connectivity index (χ3v) is 4.82. The number of ether oxygens (including phenoxy) is 1. The van der Waals surface area contributed by atoms with E-state index >= 15 is 0 Å². The van der Waals surface area contributed by atoms with Gasteiger partial charge in [0.25, 0.3) is 5.89 Å². The molecule has 2 heterocycles. The molecule has 0 spiro atoms. The molecule has 0 fully saturated rings. The van der Waals surface area contributed by atoms with Crippen LogP contribution in [0.4, 0.5) is 17.3 Å². The first-order valence-corrected chi connectivity index (χ1v) is 9.88. The lowest BCUT2D eigenvalue weighted by Crippen LogP contribution is -2.21. The predicted octanol–water partition coefficient (Wildman–Crippen LogP) is 3.18. The third-order valence-electron chi connectivity index (χ3n) is 4.82. The molecule has 0 aliphatic rings. The quantitative estimate of drug-likeness (QED) is 0.405. The monoisotopic (exact) mass is 433 g/mol. The molecule has 0 saturated carbocycles. The van der Waals surface area contributed by atoms with Gasteiger partial charge >= 0.3 is 0 Å². The van der Waals surface area contributed by atoms with Crippen LogP contribution >= 0.6 is 0 Å². The second kappa shape index (κ2) is 8.80. The van der Waals surface area contributed by atoms with Crippen molar-refractivity contribution in [3.63, 3.8) is 0 Å². The van der Waals surface area contributed by atoms with Gasteiger partial charge in [0.2, 0.25) is 11.7 Å². The van der Waals surface area contributed by atoms with Crippen molar-refractivity contribution in [2.24, 2.45) is 0 Å². The van der Waals surface area contributed by atoms with Crippen LogP contribution in [0, 0.1) is 6.92 Å². The van der Waals surface area contributed by atoms with Crippen molar-refractivity contribution in [1.29, 1.82) is 0 Å². The molecule has 2 aromatic carbocycles. The molecular formula is C22H23N7O3. The number of carbonyl (C=O) groups excluding carboxylic acids is 1. The fraction of sp³-hybridized carbons (Fsp3) is 0.182. The Kier molecular flexibility index (Phi) is 5.75. The molecule has 0 aliphatic heterocycles. The van der Waals surface area contributed by atoms with Gasteiger partial charge in [0, 0.05) is 12.6 Å². The highest BCUT2D eigenvalue weighted by molar-refractivity contribution is 5.93. The van der Waals surface area contributed by atoms with Crippen molar-refractivity contribution in [3.8, 4) is 28.6 Å². The molecule has 32 heavy (non-hydrogen) atoms. The highest BCUT2D eigenvalue weighted by Crippen LogP contribution is 2.33. The van der Waals surface area contributed by atoms with E-state index in [1.165, 1.54) is 4.68 Å². The Labute approximate surface area is 184 Å². The van der Waals surface area contributed by atoms with Gasteiger partial charge in [-0.1, -0.05) is 41.6 Å². The maximum atomic E-state index is 12.7. The van der Waals surface area contributed by atoms with Crippen molar-refractivity contribution < 1.29 is 14.1 Å². The normalized spacial score (nSPS) is 10.7. The van der Waals surface area contributed by atoms with Crippen LogP contribution in [0.3, 0.4) is 0 Å². The average molecular weight is 433 g/mol. The van der Waals surface area contributed by atoms with E-state index in [0.29, 0.717) is 28.6 Å². The van der Waals surface area contributed by atoms with Crippen LogP contribution in [0.1, 0.15) is 5.56 Å². The zero-order valence-corrected chi connectivity index (χ0v) is 17.9. The number of benzene rings is 2. The predicted molar refractivity (Wildman–Crippen MR) is 121 cm³/mol. The molecule has 0 bridgehead atoms. The number of hydrogen-bond donors (Lipinski definition) is 3. The smallest absolute Gasteiger partial charge is 0.265 e. The molecule has 164 valence electrons. The molecule has 4 N–H and O–H groups in total. The highest BCUT2D eigenvalue weighted by atomic mass is 16.5. The number of nitrogens with two attached hydrogens (primary N) is 1. The molecule has 2 aromatic heterocycles. The number of nitrogens with one attached hydrogen (secondary N) is 2. The minimum Gasteiger partial charge on any atom is -0.495 e. The first kappa shape index (κ1) is 20.9. The molecule has 4 rings (SSSR count). The van der Waals surface area contributed by atoms with Crippen LogP contribution in [0.25, 0.3) is 22.8 Å². The Morgan fingerprint density at radius 3 is 2.72 bits per heavy atom. The minimum atomic E-state index is -0.312. The van der Waals surface area contributed by atoms with Crippen molar-refractivity contribution in [3.05, 3.63) is 54.1 Å². The summed E-state index contributed by atoms with van der Waals surface area (Å²) in [4.78, 5) is 17.1. The number of nitrogen functional groups attached to an aromatic ring is 1. The first-order chi connectivity index (χ1) is 15.5. The molecule has 1 amide bonds. The fourth-order valence-electron chi connectivity index (χ4n) is 3.26. The van der Waals surface area contributed by atoms with E-state index < -0.39 is 0 Å². The summed E-state index contributed by atoms with van der Waals surface area (Å²) < 4.78 is 12.1. The van der Waals surface area contributed by atoms with Gasteiger partial charge in [-0.25, -0.2) is 4.68 Å². The zero-order valence-electron chi connectivity index (χ0n) is 17.9. The van der Waals surface area contributed by atoms with E-state index in [1.54, 1.807) is 20.2 Å². The molecule has 0 atom stereocenters. The summed E-state index contributed by atoms with van der Waals surface area (Å²) in [6.45, 7) is 1.82. The summed E-state index contributed by atoms with van der Waals surface area (Å²) in [5.74, 6) is 1.54.